The number of anilines is 2. The zero-order valence-electron chi connectivity index (χ0n) is 18.0. The van der Waals surface area contributed by atoms with Gasteiger partial charge in [0.1, 0.15) is 23.5 Å². The van der Waals surface area contributed by atoms with Crippen molar-refractivity contribution in [3.05, 3.63) is 71.8 Å². The average molecular weight is 437 g/mol. The van der Waals surface area contributed by atoms with Gasteiger partial charge in [-0.15, -0.1) is 0 Å². The zero-order chi connectivity index (χ0) is 23.3. The Kier molecular flexibility index (Phi) is 6.62. The van der Waals surface area contributed by atoms with Gasteiger partial charge in [-0.25, -0.2) is 14.4 Å². The van der Waals surface area contributed by atoms with Crippen LogP contribution in [0.15, 0.2) is 58.4 Å². The van der Waals surface area contributed by atoms with E-state index >= 15 is 0 Å². The summed E-state index contributed by atoms with van der Waals surface area (Å²) in [6, 6.07) is 7.94. The fourth-order valence-electron chi connectivity index (χ4n) is 2.49. The Hall–Kier alpha value is -4.08. The summed E-state index contributed by atoms with van der Waals surface area (Å²) in [5.41, 5.74) is 13.2. The number of aromatic nitrogens is 3. The van der Waals surface area contributed by atoms with Crippen LogP contribution in [0.25, 0.3) is 5.70 Å². The van der Waals surface area contributed by atoms with Crippen LogP contribution in [-0.4, -0.2) is 26.7 Å². The van der Waals surface area contributed by atoms with E-state index in [1.165, 1.54) is 24.6 Å². The molecule has 0 spiro atoms. The van der Waals surface area contributed by atoms with E-state index in [1.807, 2.05) is 0 Å². The highest BCUT2D eigenvalue weighted by Crippen LogP contribution is 2.21. The number of rotatable bonds is 6. The molecule has 0 saturated heterocycles. The minimum Gasteiger partial charge on any atom is -0.396 e. The largest absolute Gasteiger partial charge is 0.396 e. The Morgan fingerprint density at radius 3 is 2.66 bits per heavy atom. The van der Waals surface area contributed by atoms with E-state index < -0.39 is 5.41 Å². The Labute approximate surface area is 184 Å². The van der Waals surface area contributed by atoms with Crippen LogP contribution in [-0.2, 0) is 11.3 Å². The fourth-order valence-corrected chi connectivity index (χ4v) is 2.49. The molecule has 2 heterocycles. The van der Waals surface area contributed by atoms with Gasteiger partial charge in [0.2, 0.25) is 5.91 Å². The van der Waals surface area contributed by atoms with Crippen LogP contribution in [0.4, 0.5) is 15.9 Å². The second-order valence-electron chi connectivity index (χ2n) is 7.97. The predicted octanol–water partition coefficient (Wildman–Crippen LogP) is 3.16. The molecular weight excluding hydrogens is 413 g/mol. The summed E-state index contributed by atoms with van der Waals surface area (Å²) >= 11 is 0. The molecule has 0 bridgehead atoms. The molecule has 0 fully saturated rings. The molecule has 2 aromatic heterocycles. The van der Waals surface area contributed by atoms with E-state index in [2.05, 4.69) is 25.4 Å². The molecule has 0 unspecified atom stereocenters. The van der Waals surface area contributed by atoms with E-state index in [-0.39, 0.29) is 41.3 Å². The Bertz CT molecular complexity index is 1170. The Balaban J connectivity index is 1.88. The van der Waals surface area contributed by atoms with Gasteiger partial charge in [-0.05, 0) is 12.1 Å². The van der Waals surface area contributed by atoms with Crippen LogP contribution in [0.3, 0.4) is 0 Å². The second kappa shape index (κ2) is 9.38. The number of nitrogen functional groups attached to an aromatic ring is 1. The van der Waals surface area contributed by atoms with Crippen molar-refractivity contribution in [1.29, 1.82) is 0 Å². The molecule has 32 heavy (non-hydrogen) atoms. The summed E-state index contributed by atoms with van der Waals surface area (Å²) in [6.45, 7) is 5.40. The Morgan fingerprint density at radius 1 is 1.28 bits per heavy atom. The van der Waals surface area contributed by atoms with Crippen LogP contribution in [0.5, 0.6) is 0 Å². The molecule has 166 valence electrons. The van der Waals surface area contributed by atoms with Gasteiger partial charge in [0.15, 0.2) is 11.6 Å². The molecule has 0 atom stereocenters. The summed E-state index contributed by atoms with van der Waals surface area (Å²) in [6.07, 6.45) is 4.27. The van der Waals surface area contributed by atoms with E-state index in [0.717, 1.165) is 0 Å². The lowest BCUT2D eigenvalue weighted by Gasteiger charge is -2.18. The molecule has 9 nitrogen and oxygen atoms in total. The standard InChI is InChI=1S/C22H24FN7O2/c1-22(2,3)21(31)28-18-12-27-20(29-19(18)25)15(24)10-17(16-8-9-32-30-16)26-11-13-6-4-5-7-14(13)23/h4-10,12H,11,24H2,1-3H3,(H,28,31)(H2,25,27,29). The third-order valence-corrected chi connectivity index (χ3v) is 4.38. The molecule has 0 radical (unpaired) electrons. The normalized spacial score (nSPS) is 12.6. The first kappa shape index (κ1) is 22.6. The summed E-state index contributed by atoms with van der Waals surface area (Å²) < 4.78 is 18.8. The minimum absolute atomic E-state index is 0.0650. The predicted molar refractivity (Wildman–Crippen MR) is 120 cm³/mol. The van der Waals surface area contributed by atoms with Crippen molar-refractivity contribution in [2.75, 3.05) is 11.1 Å². The monoisotopic (exact) mass is 437 g/mol. The molecule has 3 rings (SSSR count). The van der Waals surface area contributed by atoms with Gasteiger partial charge in [0.05, 0.1) is 24.2 Å². The van der Waals surface area contributed by atoms with Crippen LogP contribution < -0.4 is 16.8 Å². The molecular formula is C22H24FN7O2. The third-order valence-electron chi connectivity index (χ3n) is 4.38. The highest BCUT2D eigenvalue weighted by Gasteiger charge is 2.22. The summed E-state index contributed by atoms with van der Waals surface area (Å²) in [5, 5.41) is 6.56. The first-order valence-electron chi connectivity index (χ1n) is 9.75. The zero-order valence-corrected chi connectivity index (χ0v) is 18.0. The number of aliphatic imine (C=N–C) groups is 1. The molecule has 1 aromatic carbocycles. The van der Waals surface area contributed by atoms with Gasteiger partial charge in [-0.2, -0.15) is 0 Å². The molecule has 0 aliphatic heterocycles. The van der Waals surface area contributed by atoms with Crippen molar-refractivity contribution in [1.82, 2.24) is 15.1 Å². The van der Waals surface area contributed by atoms with Crippen molar-refractivity contribution in [2.24, 2.45) is 16.1 Å². The lowest BCUT2D eigenvalue weighted by atomic mass is 9.96. The van der Waals surface area contributed by atoms with Crippen LogP contribution in [0.1, 0.15) is 37.9 Å². The number of nitrogens with zero attached hydrogens (tertiary/aromatic N) is 4. The number of carbonyl (C=O) groups is 1. The molecule has 5 N–H and O–H groups in total. The molecule has 0 saturated carbocycles. The summed E-state index contributed by atoms with van der Waals surface area (Å²) in [4.78, 5) is 25.0. The van der Waals surface area contributed by atoms with Crippen molar-refractivity contribution in [3.63, 3.8) is 0 Å². The SMILES string of the molecule is CC(C)(C)C(=O)Nc1cnc(C(N)=CC(=NCc2ccccc2F)c2ccon2)nc1N. The van der Waals surface area contributed by atoms with Crippen LogP contribution in [0.2, 0.25) is 0 Å². The highest BCUT2D eigenvalue weighted by molar-refractivity contribution is 6.10. The van der Waals surface area contributed by atoms with Gasteiger partial charge in [0.25, 0.3) is 0 Å². The van der Waals surface area contributed by atoms with Gasteiger partial charge in [0, 0.05) is 17.0 Å². The van der Waals surface area contributed by atoms with Crippen LogP contribution >= 0.6 is 0 Å². The lowest BCUT2D eigenvalue weighted by molar-refractivity contribution is -0.123. The number of nitrogens with two attached hydrogens (primary N) is 2. The van der Waals surface area contributed by atoms with E-state index in [0.29, 0.717) is 17.0 Å². The van der Waals surface area contributed by atoms with E-state index in [4.69, 9.17) is 16.0 Å². The second-order valence-corrected chi connectivity index (χ2v) is 7.97. The van der Waals surface area contributed by atoms with Crippen LogP contribution in [0, 0.1) is 11.2 Å². The number of benzene rings is 1. The number of halogens is 1. The smallest absolute Gasteiger partial charge is 0.229 e. The molecule has 1 amide bonds. The molecule has 10 heteroatoms. The number of hydrogen-bond donors (Lipinski definition) is 3. The molecule has 3 aromatic rings. The maximum absolute atomic E-state index is 13.9. The summed E-state index contributed by atoms with van der Waals surface area (Å²) in [5.74, 6) is -0.386. The first-order valence-corrected chi connectivity index (χ1v) is 9.75. The third kappa shape index (κ3) is 5.54. The molecule has 0 aliphatic rings. The van der Waals surface area contributed by atoms with Crippen molar-refractivity contribution < 1.29 is 13.7 Å². The quantitative estimate of drug-likeness (QED) is 0.502. The molecule has 0 aliphatic carbocycles. The van der Waals surface area contributed by atoms with Gasteiger partial charge in [-0.3, -0.25) is 9.79 Å². The van der Waals surface area contributed by atoms with Crippen molar-refractivity contribution >= 4 is 28.8 Å². The Morgan fingerprint density at radius 2 is 2.03 bits per heavy atom. The topological polar surface area (TPSA) is 145 Å². The highest BCUT2D eigenvalue weighted by atomic mass is 19.1. The fraction of sp³-hybridized carbons (Fsp3) is 0.227. The van der Waals surface area contributed by atoms with E-state index in [9.17, 15) is 9.18 Å². The van der Waals surface area contributed by atoms with Crippen molar-refractivity contribution in [3.8, 4) is 0 Å². The number of carbonyl (C=O) groups excluding carboxylic acids is 1. The van der Waals surface area contributed by atoms with Gasteiger partial charge < -0.3 is 21.3 Å². The average Bonchev–Trinajstić information content (AvgIpc) is 3.27. The first-order chi connectivity index (χ1) is 15.1. The maximum Gasteiger partial charge on any atom is 0.229 e. The van der Waals surface area contributed by atoms with Gasteiger partial charge >= 0.3 is 0 Å². The maximum atomic E-state index is 13.9. The number of amides is 1. The number of allylic oxidation sites excluding steroid dienone is 1. The van der Waals surface area contributed by atoms with E-state index in [1.54, 1.807) is 45.0 Å². The number of nitrogens with one attached hydrogen (secondary N) is 1. The lowest BCUT2D eigenvalue weighted by Crippen LogP contribution is -2.28. The summed E-state index contributed by atoms with van der Waals surface area (Å²) in [7, 11) is 0. The van der Waals surface area contributed by atoms with Gasteiger partial charge in [-0.1, -0.05) is 44.1 Å². The number of hydrogen-bond acceptors (Lipinski definition) is 8. The minimum atomic E-state index is -0.606. The van der Waals surface area contributed by atoms with Crippen molar-refractivity contribution in [2.45, 2.75) is 27.3 Å².